The lowest BCUT2D eigenvalue weighted by atomic mass is 10.3. The first kappa shape index (κ1) is 15.2. The molecule has 0 heterocycles. The number of hydrogen-bond acceptors (Lipinski definition) is 3. The first-order valence-electron chi connectivity index (χ1n) is 5.84. The molecule has 0 radical (unpaired) electrons. The summed E-state index contributed by atoms with van der Waals surface area (Å²) in [5.74, 6) is 0.484. The van der Waals surface area contributed by atoms with E-state index in [4.69, 9.17) is 27.9 Å². The summed E-state index contributed by atoms with van der Waals surface area (Å²) in [6, 6.07) is 12.8. The summed E-state index contributed by atoms with van der Waals surface area (Å²) in [7, 11) is -3.37. The molecule has 0 aliphatic rings. The summed E-state index contributed by atoms with van der Waals surface area (Å²) in [6.07, 6.45) is 0. The Morgan fingerprint density at radius 2 is 1.35 bits per heavy atom. The quantitative estimate of drug-likeness (QED) is 0.836. The van der Waals surface area contributed by atoms with Gasteiger partial charge in [0.2, 0.25) is 0 Å². The minimum Gasteiger partial charge on any atom is -0.493 e. The van der Waals surface area contributed by atoms with Gasteiger partial charge in [0.15, 0.2) is 9.84 Å². The van der Waals surface area contributed by atoms with Crippen LogP contribution in [0.4, 0.5) is 0 Å². The average Bonchev–Trinajstić information content (AvgIpc) is 2.41. The second kappa shape index (κ2) is 6.48. The number of rotatable bonds is 5. The average molecular weight is 331 g/mol. The number of halogens is 2. The fraction of sp³-hybridized carbons (Fsp3) is 0.143. The smallest absolute Gasteiger partial charge is 0.181 e. The van der Waals surface area contributed by atoms with Crippen LogP contribution in [0.1, 0.15) is 0 Å². The Bertz CT molecular complexity index is 665. The van der Waals surface area contributed by atoms with E-state index in [-0.39, 0.29) is 17.3 Å². The summed E-state index contributed by atoms with van der Waals surface area (Å²) in [4.78, 5) is 0.238. The summed E-state index contributed by atoms with van der Waals surface area (Å²) in [5.41, 5.74) is 0. The fourth-order valence-corrected chi connectivity index (χ4v) is 2.90. The van der Waals surface area contributed by atoms with Gasteiger partial charge in [-0.15, -0.1) is 0 Å². The predicted octanol–water partition coefficient (Wildman–Crippen LogP) is 3.85. The Balaban J connectivity index is 1.96. The molecule has 0 aromatic heterocycles. The molecule has 0 atom stereocenters. The van der Waals surface area contributed by atoms with Crippen molar-refractivity contribution in [1.82, 2.24) is 0 Å². The third-order valence-corrected chi connectivity index (χ3v) is 4.81. The fourth-order valence-electron chi connectivity index (χ4n) is 1.56. The maximum absolute atomic E-state index is 12.0. The van der Waals surface area contributed by atoms with Gasteiger partial charge < -0.3 is 4.74 Å². The van der Waals surface area contributed by atoms with E-state index in [9.17, 15) is 8.42 Å². The van der Waals surface area contributed by atoms with Crippen molar-refractivity contribution in [2.75, 3.05) is 12.4 Å². The maximum Gasteiger partial charge on any atom is 0.181 e. The number of benzene rings is 2. The molecule has 0 fully saturated rings. The summed E-state index contributed by atoms with van der Waals surface area (Å²) in [6.45, 7) is 0.0760. The zero-order valence-corrected chi connectivity index (χ0v) is 12.8. The van der Waals surface area contributed by atoms with Crippen molar-refractivity contribution in [1.29, 1.82) is 0 Å². The molecule has 106 valence electrons. The van der Waals surface area contributed by atoms with Crippen molar-refractivity contribution in [3.63, 3.8) is 0 Å². The first-order valence-corrected chi connectivity index (χ1v) is 8.25. The molecule has 2 aromatic rings. The van der Waals surface area contributed by atoms with Crippen molar-refractivity contribution >= 4 is 33.0 Å². The second-order valence-corrected chi connectivity index (χ2v) is 7.06. The Labute approximate surface area is 128 Å². The zero-order chi connectivity index (χ0) is 14.6. The normalized spacial score (nSPS) is 11.3. The van der Waals surface area contributed by atoms with Crippen LogP contribution in [0.5, 0.6) is 5.75 Å². The van der Waals surface area contributed by atoms with Gasteiger partial charge in [0.1, 0.15) is 12.4 Å². The molecular weight excluding hydrogens is 319 g/mol. The van der Waals surface area contributed by atoms with E-state index in [1.54, 1.807) is 36.4 Å². The van der Waals surface area contributed by atoms with Gasteiger partial charge in [0.05, 0.1) is 10.6 Å². The van der Waals surface area contributed by atoms with Crippen LogP contribution >= 0.6 is 23.2 Å². The lowest BCUT2D eigenvalue weighted by Gasteiger charge is -2.07. The number of hydrogen-bond donors (Lipinski definition) is 0. The summed E-state index contributed by atoms with van der Waals surface area (Å²) in [5, 5.41) is 1.10. The van der Waals surface area contributed by atoms with Crippen molar-refractivity contribution in [2.45, 2.75) is 4.90 Å². The molecule has 3 nitrogen and oxygen atoms in total. The molecule has 0 N–H and O–H groups in total. The Kier molecular flexibility index (Phi) is 4.91. The van der Waals surface area contributed by atoms with Gasteiger partial charge in [0.25, 0.3) is 0 Å². The molecule has 0 aliphatic carbocycles. The highest BCUT2D eigenvalue weighted by molar-refractivity contribution is 7.91. The van der Waals surface area contributed by atoms with E-state index in [1.807, 2.05) is 0 Å². The van der Waals surface area contributed by atoms with Crippen LogP contribution in [0, 0.1) is 0 Å². The van der Waals surface area contributed by atoms with Crippen LogP contribution in [0.2, 0.25) is 10.0 Å². The van der Waals surface area contributed by atoms with Gasteiger partial charge in [-0.25, -0.2) is 8.42 Å². The molecule has 0 unspecified atom stereocenters. The molecule has 20 heavy (non-hydrogen) atoms. The first-order chi connectivity index (χ1) is 9.47. The van der Waals surface area contributed by atoms with Gasteiger partial charge in [-0.3, -0.25) is 0 Å². The Morgan fingerprint density at radius 3 is 1.90 bits per heavy atom. The van der Waals surface area contributed by atoms with Crippen molar-refractivity contribution < 1.29 is 13.2 Å². The van der Waals surface area contributed by atoms with Gasteiger partial charge in [-0.05, 0) is 48.5 Å². The van der Waals surface area contributed by atoms with Crippen molar-refractivity contribution in [2.24, 2.45) is 0 Å². The summed E-state index contributed by atoms with van der Waals surface area (Å²) >= 11 is 11.5. The molecule has 2 aromatic carbocycles. The van der Waals surface area contributed by atoms with Gasteiger partial charge in [0, 0.05) is 10.0 Å². The third-order valence-electron chi connectivity index (χ3n) is 2.61. The Hall–Kier alpha value is -1.23. The highest BCUT2D eigenvalue weighted by Gasteiger charge is 2.14. The molecule has 2 rings (SSSR count). The minimum atomic E-state index is -3.37. The molecule has 0 saturated carbocycles. The molecular formula is C14H12Cl2O3S. The van der Waals surface area contributed by atoms with Gasteiger partial charge in [-0.1, -0.05) is 23.2 Å². The predicted molar refractivity (Wildman–Crippen MR) is 80.5 cm³/mol. The van der Waals surface area contributed by atoms with Crippen LogP contribution in [0.3, 0.4) is 0 Å². The molecule has 0 amide bonds. The van der Waals surface area contributed by atoms with Crippen LogP contribution in [0.15, 0.2) is 53.4 Å². The second-order valence-electron chi connectivity index (χ2n) is 4.08. The van der Waals surface area contributed by atoms with E-state index < -0.39 is 9.84 Å². The van der Waals surface area contributed by atoms with E-state index in [0.29, 0.717) is 15.8 Å². The third kappa shape index (κ3) is 4.13. The molecule has 6 heteroatoms. The number of sulfone groups is 1. The highest BCUT2D eigenvalue weighted by Crippen LogP contribution is 2.17. The van der Waals surface area contributed by atoms with Crippen molar-refractivity contribution in [3.05, 3.63) is 58.6 Å². The van der Waals surface area contributed by atoms with Gasteiger partial charge in [-0.2, -0.15) is 0 Å². The standard InChI is InChI=1S/C14H12Cl2O3S/c15-11-1-5-13(6-2-11)19-9-10-20(17,18)14-7-3-12(16)4-8-14/h1-8H,9-10H2. The maximum atomic E-state index is 12.0. The van der Waals surface area contributed by atoms with Crippen LogP contribution in [-0.2, 0) is 9.84 Å². The molecule has 0 saturated heterocycles. The lowest BCUT2D eigenvalue weighted by Crippen LogP contribution is -2.14. The van der Waals surface area contributed by atoms with E-state index in [2.05, 4.69) is 0 Å². The SMILES string of the molecule is O=S(=O)(CCOc1ccc(Cl)cc1)c1ccc(Cl)cc1. The van der Waals surface area contributed by atoms with Crippen molar-refractivity contribution in [3.8, 4) is 5.75 Å². The molecule has 0 spiro atoms. The number of ether oxygens (including phenoxy) is 1. The van der Waals surface area contributed by atoms with E-state index >= 15 is 0 Å². The van der Waals surface area contributed by atoms with Crippen LogP contribution < -0.4 is 4.74 Å². The monoisotopic (exact) mass is 330 g/mol. The van der Waals surface area contributed by atoms with E-state index in [0.717, 1.165) is 0 Å². The topological polar surface area (TPSA) is 43.4 Å². The zero-order valence-electron chi connectivity index (χ0n) is 10.4. The van der Waals surface area contributed by atoms with Gasteiger partial charge >= 0.3 is 0 Å². The van der Waals surface area contributed by atoms with Crippen LogP contribution in [-0.4, -0.2) is 20.8 Å². The molecule has 0 aliphatic heterocycles. The van der Waals surface area contributed by atoms with Crippen LogP contribution in [0.25, 0.3) is 0 Å². The molecule has 0 bridgehead atoms. The highest BCUT2D eigenvalue weighted by atomic mass is 35.5. The van der Waals surface area contributed by atoms with E-state index in [1.165, 1.54) is 12.1 Å². The minimum absolute atomic E-state index is 0.0760. The lowest BCUT2D eigenvalue weighted by molar-refractivity contribution is 0.341. The summed E-state index contributed by atoms with van der Waals surface area (Å²) < 4.78 is 29.5. The Morgan fingerprint density at radius 1 is 0.850 bits per heavy atom. The largest absolute Gasteiger partial charge is 0.493 e.